The molecule has 0 aliphatic carbocycles. The summed E-state index contributed by atoms with van der Waals surface area (Å²) in [6.07, 6.45) is 0. The van der Waals surface area contributed by atoms with Crippen molar-refractivity contribution in [2.45, 2.75) is 12.0 Å². The first-order valence-electron chi connectivity index (χ1n) is 5.93. The highest BCUT2D eigenvalue weighted by Gasteiger charge is 2.30. The Hall–Kier alpha value is -0.390. The van der Waals surface area contributed by atoms with Crippen molar-refractivity contribution in [2.24, 2.45) is 5.73 Å². The predicted molar refractivity (Wildman–Crippen MR) is 79.9 cm³/mol. The van der Waals surface area contributed by atoms with Gasteiger partial charge in [0.1, 0.15) is 5.82 Å². The molecule has 0 unspecified atom stereocenters. The van der Waals surface area contributed by atoms with Crippen LogP contribution in [0.15, 0.2) is 24.3 Å². The summed E-state index contributed by atoms with van der Waals surface area (Å²) < 4.78 is 17.9. The first-order valence-corrected chi connectivity index (χ1v) is 5.93. The molecule has 0 radical (unpaired) electrons. The van der Waals surface area contributed by atoms with Crippen molar-refractivity contribution < 1.29 is 9.13 Å². The van der Waals surface area contributed by atoms with Crippen molar-refractivity contribution >= 4 is 24.8 Å². The lowest BCUT2D eigenvalue weighted by Crippen LogP contribution is -2.30. The van der Waals surface area contributed by atoms with Gasteiger partial charge in [-0.2, -0.15) is 0 Å². The van der Waals surface area contributed by atoms with E-state index in [1.807, 2.05) is 12.1 Å². The van der Waals surface area contributed by atoms with Gasteiger partial charge in [-0.1, -0.05) is 12.1 Å². The number of ether oxygens (including phenoxy) is 1. The van der Waals surface area contributed by atoms with E-state index in [2.05, 4.69) is 4.90 Å². The van der Waals surface area contributed by atoms with Gasteiger partial charge in [0.05, 0.1) is 6.61 Å². The highest BCUT2D eigenvalue weighted by atomic mass is 35.5. The van der Waals surface area contributed by atoms with Crippen molar-refractivity contribution in [3.8, 4) is 0 Å². The number of nitrogens with zero attached hydrogens (tertiary/aromatic N) is 1. The van der Waals surface area contributed by atoms with Crippen LogP contribution in [0.25, 0.3) is 0 Å². The number of methoxy groups -OCH3 is 1. The molecule has 3 nitrogen and oxygen atoms in total. The summed E-state index contributed by atoms with van der Waals surface area (Å²) in [4.78, 5) is 2.29. The highest BCUT2D eigenvalue weighted by Crippen LogP contribution is 2.26. The molecule has 1 saturated heterocycles. The molecule has 2 rings (SSSR count). The minimum atomic E-state index is -0.198. The van der Waals surface area contributed by atoms with E-state index in [9.17, 15) is 4.39 Å². The molecular formula is C13H21Cl2FN2O. The lowest BCUT2D eigenvalue weighted by atomic mass is 9.95. The van der Waals surface area contributed by atoms with Gasteiger partial charge in [-0.3, -0.25) is 4.90 Å². The number of halogens is 3. The minimum absolute atomic E-state index is 0. The Morgan fingerprint density at radius 2 is 1.89 bits per heavy atom. The van der Waals surface area contributed by atoms with E-state index in [0.29, 0.717) is 5.92 Å². The molecule has 6 heteroatoms. The first-order chi connectivity index (χ1) is 8.20. The lowest BCUT2D eigenvalue weighted by Gasteiger charge is -2.15. The molecule has 0 bridgehead atoms. The Bertz CT molecular complexity index is 364. The van der Waals surface area contributed by atoms with E-state index in [-0.39, 0.29) is 36.7 Å². The van der Waals surface area contributed by atoms with Gasteiger partial charge in [0, 0.05) is 38.7 Å². The van der Waals surface area contributed by atoms with E-state index in [0.717, 1.165) is 31.8 Å². The van der Waals surface area contributed by atoms with Crippen molar-refractivity contribution in [3.63, 3.8) is 0 Å². The second kappa shape index (κ2) is 8.72. The summed E-state index contributed by atoms with van der Waals surface area (Å²) in [5.41, 5.74) is 7.26. The van der Waals surface area contributed by atoms with E-state index >= 15 is 0 Å². The Kier molecular flexibility index (Phi) is 8.54. The highest BCUT2D eigenvalue weighted by molar-refractivity contribution is 5.85. The molecule has 110 valence electrons. The second-order valence-electron chi connectivity index (χ2n) is 4.57. The number of likely N-dealkylation sites (tertiary alicyclic amines) is 1. The molecule has 0 aromatic heterocycles. The molecule has 1 fully saturated rings. The quantitative estimate of drug-likeness (QED) is 0.925. The van der Waals surface area contributed by atoms with E-state index < -0.39 is 0 Å². The molecule has 2 N–H and O–H groups in total. The number of benzene rings is 1. The Morgan fingerprint density at radius 3 is 2.47 bits per heavy atom. The normalized spacial score (nSPS) is 22.7. The largest absolute Gasteiger partial charge is 0.383 e. The van der Waals surface area contributed by atoms with Gasteiger partial charge in [-0.25, -0.2) is 4.39 Å². The first kappa shape index (κ1) is 18.6. The average molecular weight is 311 g/mol. The Balaban J connectivity index is 0.00000162. The molecule has 19 heavy (non-hydrogen) atoms. The van der Waals surface area contributed by atoms with E-state index in [1.165, 1.54) is 12.1 Å². The summed E-state index contributed by atoms with van der Waals surface area (Å²) >= 11 is 0. The van der Waals surface area contributed by atoms with Gasteiger partial charge in [0.2, 0.25) is 0 Å². The van der Waals surface area contributed by atoms with E-state index in [1.54, 1.807) is 7.11 Å². The maximum Gasteiger partial charge on any atom is 0.123 e. The van der Waals surface area contributed by atoms with Crippen LogP contribution in [0.2, 0.25) is 0 Å². The fraction of sp³-hybridized carbons (Fsp3) is 0.538. The third-order valence-corrected chi connectivity index (χ3v) is 3.35. The van der Waals surface area contributed by atoms with Crippen LogP contribution in [-0.2, 0) is 4.74 Å². The molecule has 2 atom stereocenters. The molecule has 1 aliphatic heterocycles. The fourth-order valence-electron chi connectivity index (χ4n) is 2.38. The lowest BCUT2D eigenvalue weighted by molar-refractivity contribution is 0.160. The summed E-state index contributed by atoms with van der Waals surface area (Å²) in [6.45, 7) is 3.44. The van der Waals surface area contributed by atoms with Crippen molar-refractivity contribution in [1.29, 1.82) is 0 Å². The summed E-state index contributed by atoms with van der Waals surface area (Å²) in [6, 6.07) is 6.79. The summed E-state index contributed by atoms with van der Waals surface area (Å²) in [5, 5.41) is 0. The zero-order valence-corrected chi connectivity index (χ0v) is 12.6. The summed E-state index contributed by atoms with van der Waals surface area (Å²) in [5.74, 6) is 0.101. The van der Waals surface area contributed by atoms with Crippen LogP contribution >= 0.6 is 24.8 Å². The monoisotopic (exact) mass is 310 g/mol. The summed E-state index contributed by atoms with van der Waals surface area (Å²) in [7, 11) is 1.70. The molecule has 1 aromatic carbocycles. The van der Waals surface area contributed by atoms with Gasteiger partial charge >= 0.3 is 0 Å². The van der Waals surface area contributed by atoms with Gasteiger partial charge in [0.15, 0.2) is 0 Å². The third kappa shape index (κ3) is 4.89. The molecule has 0 saturated carbocycles. The zero-order chi connectivity index (χ0) is 12.3. The molecule has 1 heterocycles. The fourth-order valence-corrected chi connectivity index (χ4v) is 2.38. The third-order valence-electron chi connectivity index (χ3n) is 3.35. The average Bonchev–Trinajstić information content (AvgIpc) is 2.69. The van der Waals surface area contributed by atoms with Crippen LogP contribution < -0.4 is 5.73 Å². The Labute approximate surface area is 126 Å². The van der Waals surface area contributed by atoms with Crippen molar-refractivity contribution in [2.75, 3.05) is 33.4 Å². The SMILES string of the molecule is COCCN1C[C@H](c2ccc(F)cc2)[C@@H](N)C1.Cl.Cl. The standard InChI is InChI=1S/C13H19FN2O.2ClH/c1-17-7-6-16-8-12(13(15)9-16)10-2-4-11(14)5-3-10;;/h2-5,12-13H,6-9,15H2,1H3;2*1H/t12-,13+;;/m1../s1. The van der Waals surface area contributed by atoms with Gasteiger partial charge in [0.25, 0.3) is 0 Å². The zero-order valence-electron chi connectivity index (χ0n) is 10.9. The van der Waals surface area contributed by atoms with Crippen LogP contribution in [0.3, 0.4) is 0 Å². The molecule has 1 aliphatic rings. The van der Waals surface area contributed by atoms with Crippen molar-refractivity contribution in [3.05, 3.63) is 35.6 Å². The molecule has 1 aromatic rings. The molecule has 0 spiro atoms. The van der Waals surface area contributed by atoms with Crippen molar-refractivity contribution in [1.82, 2.24) is 4.90 Å². The number of nitrogens with two attached hydrogens (primary N) is 1. The number of rotatable bonds is 4. The number of hydrogen-bond acceptors (Lipinski definition) is 3. The molecule has 0 amide bonds. The molecular weight excluding hydrogens is 290 g/mol. The maximum absolute atomic E-state index is 12.9. The van der Waals surface area contributed by atoms with Gasteiger partial charge in [-0.05, 0) is 17.7 Å². The van der Waals surface area contributed by atoms with Crippen LogP contribution in [0.5, 0.6) is 0 Å². The maximum atomic E-state index is 12.9. The van der Waals surface area contributed by atoms with Crippen LogP contribution in [0.1, 0.15) is 11.5 Å². The predicted octanol–water partition coefficient (Wildman–Crippen LogP) is 2.04. The Morgan fingerprint density at radius 1 is 1.26 bits per heavy atom. The second-order valence-corrected chi connectivity index (χ2v) is 4.57. The van der Waals surface area contributed by atoms with Crippen LogP contribution in [0, 0.1) is 5.82 Å². The van der Waals surface area contributed by atoms with Crippen LogP contribution in [0.4, 0.5) is 4.39 Å². The van der Waals surface area contributed by atoms with Gasteiger partial charge < -0.3 is 10.5 Å². The van der Waals surface area contributed by atoms with Gasteiger partial charge in [-0.15, -0.1) is 24.8 Å². The van der Waals surface area contributed by atoms with E-state index in [4.69, 9.17) is 10.5 Å². The topological polar surface area (TPSA) is 38.5 Å². The van der Waals surface area contributed by atoms with Crippen LogP contribution in [-0.4, -0.2) is 44.3 Å². The minimum Gasteiger partial charge on any atom is -0.383 e. The smallest absolute Gasteiger partial charge is 0.123 e. The number of hydrogen-bond donors (Lipinski definition) is 1.